The van der Waals surface area contributed by atoms with E-state index in [-0.39, 0.29) is 23.5 Å². The molecule has 1 amide bonds. The molecular formula is C25H23F4NO4. The number of aliphatic carboxylic acids is 1. The Hall–Kier alpha value is -3.62. The van der Waals surface area contributed by atoms with E-state index in [9.17, 15) is 32.3 Å². The molecule has 5 nitrogen and oxygen atoms in total. The van der Waals surface area contributed by atoms with Gasteiger partial charge in [-0.1, -0.05) is 57.2 Å². The van der Waals surface area contributed by atoms with Crippen molar-refractivity contribution in [1.29, 1.82) is 0 Å². The molecule has 1 unspecified atom stereocenters. The molecule has 1 atom stereocenters. The van der Waals surface area contributed by atoms with Crippen LogP contribution in [0.5, 0.6) is 5.75 Å². The number of nitrogens with one attached hydrogen (secondary N) is 1. The first-order valence-corrected chi connectivity index (χ1v) is 10.3. The lowest BCUT2D eigenvalue weighted by molar-refractivity contribution is -0.142. The van der Waals surface area contributed by atoms with Gasteiger partial charge in [0.15, 0.2) is 0 Å². The largest absolute Gasteiger partial charge is 0.487 e. The summed E-state index contributed by atoms with van der Waals surface area (Å²) in [4.78, 5) is 24.7. The second-order valence-corrected chi connectivity index (χ2v) is 8.87. The van der Waals surface area contributed by atoms with E-state index >= 15 is 0 Å². The molecule has 0 spiro atoms. The molecule has 0 aromatic heterocycles. The van der Waals surface area contributed by atoms with Crippen molar-refractivity contribution in [2.24, 2.45) is 5.41 Å². The van der Waals surface area contributed by atoms with E-state index in [0.717, 1.165) is 17.5 Å². The Labute approximate surface area is 193 Å². The topological polar surface area (TPSA) is 75.6 Å². The van der Waals surface area contributed by atoms with Crippen LogP contribution < -0.4 is 10.1 Å². The molecule has 0 heterocycles. The Morgan fingerprint density at radius 1 is 1.03 bits per heavy atom. The Kier molecular flexibility index (Phi) is 6.86. The summed E-state index contributed by atoms with van der Waals surface area (Å²) in [5.74, 6) is -3.22. The van der Waals surface area contributed by atoms with Crippen molar-refractivity contribution in [1.82, 2.24) is 5.32 Å². The first-order valence-electron chi connectivity index (χ1n) is 10.3. The fourth-order valence-electron chi connectivity index (χ4n) is 3.47. The molecule has 3 rings (SSSR count). The fraction of sp³-hybridized carbons (Fsp3) is 0.280. The second kappa shape index (κ2) is 9.32. The van der Waals surface area contributed by atoms with Gasteiger partial charge in [0.1, 0.15) is 24.2 Å². The van der Waals surface area contributed by atoms with Gasteiger partial charge in [0, 0.05) is 5.39 Å². The molecule has 0 radical (unpaired) electrons. The summed E-state index contributed by atoms with van der Waals surface area (Å²) >= 11 is 0. The first-order chi connectivity index (χ1) is 15.8. The number of carbonyl (C=O) groups is 2. The molecule has 0 fully saturated rings. The highest BCUT2D eigenvalue weighted by atomic mass is 19.4. The van der Waals surface area contributed by atoms with Crippen molar-refractivity contribution < 1.29 is 37.0 Å². The molecule has 34 heavy (non-hydrogen) atoms. The molecule has 0 aliphatic heterocycles. The van der Waals surface area contributed by atoms with Gasteiger partial charge in [-0.2, -0.15) is 13.2 Å². The molecule has 2 N–H and O–H groups in total. The van der Waals surface area contributed by atoms with Gasteiger partial charge in [-0.15, -0.1) is 0 Å². The van der Waals surface area contributed by atoms with Gasteiger partial charge in [-0.05, 0) is 34.6 Å². The fourth-order valence-corrected chi connectivity index (χ4v) is 3.47. The van der Waals surface area contributed by atoms with Gasteiger partial charge in [0.25, 0.3) is 5.91 Å². The van der Waals surface area contributed by atoms with Crippen LogP contribution >= 0.6 is 0 Å². The number of carboxylic acid groups (broad SMARTS) is 1. The summed E-state index contributed by atoms with van der Waals surface area (Å²) in [5, 5.41) is 13.3. The quantitative estimate of drug-likeness (QED) is 0.440. The van der Waals surface area contributed by atoms with Gasteiger partial charge in [0.05, 0.1) is 11.1 Å². The van der Waals surface area contributed by atoms with Gasteiger partial charge >= 0.3 is 12.1 Å². The van der Waals surface area contributed by atoms with E-state index in [4.69, 9.17) is 4.74 Å². The highest BCUT2D eigenvalue weighted by molar-refractivity contribution is 6.05. The van der Waals surface area contributed by atoms with Crippen molar-refractivity contribution in [3.63, 3.8) is 0 Å². The van der Waals surface area contributed by atoms with E-state index < -0.39 is 40.9 Å². The summed E-state index contributed by atoms with van der Waals surface area (Å²) in [6.07, 6.45) is -4.82. The van der Waals surface area contributed by atoms with Crippen LogP contribution in [-0.4, -0.2) is 23.0 Å². The van der Waals surface area contributed by atoms with E-state index in [1.165, 1.54) is 6.07 Å². The number of carboxylic acids is 1. The van der Waals surface area contributed by atoms with Crippen molar-refractivity contribution >= 4 is 22.6 Å². The minimum Gasteiger partial charge on any atom is -0.487 e. The van der Waals surface area contributed by atoms with Gasteiger partial charge in [0.2, 0.25) is 0 Å². The van der Waals surface area contributed by atoms with E-state index in [2.05, 4.69) is 5.32 Å². The molecule has 3 aromatic rings. The van der Waals surface area contributed by atoms with Crippen LogP contribution in [-0.2, 0) is 17.6 Å². The SMILES string of the molecule is CC(C)(C)C(NC(=O)c1ccc2ccccc2c1OCc1ccc(C(F)(F)F)c(F)c1)C(=O)O. The zero-order valence-electron chi connectivity index (χ0n) is 18.7. The Balaban J connectivity index is 1.96. The van der Waals surface area contributed by atoms with E-state index in [1.807, 2.05) is 0 Å². The predicted octanol–water partition coefficient (Wildman–Crippen LogP) is 5.81. The number of halogens is 4. The molecule has 0 saturated carbocycles. The van der Waals surface area contributed by atoms with E-state index in [1.54, 1.807) is 51.1 Å². The standard InChI is InChI=1S/C25H23F4NO4/c1-24(2,3)21(23(32)33)30-22(31)17-10-9-15-6-4-5-7-16(15)20(17)34-13-14-8-11-18(19(26)12-14)25(27,28)29/h4-12,21H,13H2,1-3H3,(H,30,31)(H,32,33). The molecule has 0 bridgehead atoms. The zero-order chi connectivity index (χ0) is 25.3. The Morgan fingerprint density at radius 3 is 2.29 bits per heavy atom. The predicted molar refractivity (Wildman–Crippen MR) is 118 cm³/mol. The van der Waals surface area contributed by atoms with Gasteiger partial charge in [-0.3, -0.25) is 4.79 Å². The summed E-state index contributed by atoms with van der Waals surface area (Å²) < 4.78 is 58.3. The average molecular weight is 477 g/mol. The number of carbonyl (C=O) groups excluding carboxylic acids is 1. The summed E-state index contributed by atoms with van der Waals surface area (Å²) in [7, 11) is 0. The first kappa shape index (κ1) is 25.0. The maximum Gasteiger partial charge on any atom is 0.419 e. The van der Waals surface area contributed by atoms with Crippen molar-refractivity contribution in [2.75, 3.05) is 0 Å². The lowest BCUT2D eigenvalue weighted by atomic mass is 9.86. The minimum atomic E-state index is -4.82. The van der Waals surface area contributed by atoms with Crippen LogP contribution in [0.15, 0.2) is 54.6 Å². The number of alkyl halides is 3. The molecular weight excluding hydrogens is 454 g/mol. The molecule has 3 aromatic carbocycles. The number of rotatable bonds is 6. The van der Waals surface area contributed by atoms with E-state index in [0.29, 0.717) is 11.5 Å². The number of hydrogen-bond donors (Lipinski definition) is 2. The van der Waals surface area contributed by atoms with Crippen molar-refractivity contribution in [3.05, 3.63) is 77.1 Å². The third-order valence-electron chi connectivity index (χ3n) is 5.23. The maximum atomic E-state index is 14.0. The van der Waals surface area contributed by atoms with Crippen LogP contribution in [0.25, 0.3) is 10.8 Å². The Bertz CT molecular complexity index is 1230. The Morgan fingerprint density at radius 2 is 1.71 bits per heavy atom. The summed E-state index contributed by atoms with van der Waals surface area (Å²) in [6.45, 7) is 4.69. The number of ether oxygens (including phenoxy) is 1. The van der Waals surface area contributed by atoms with Crippen molar-refractivity contribution in [2.45, 2.75) is 39.6 Å². The van der Waals surface area contributed by atoms with Crippen LogP contribution in [0, 0.1) is 11.2 Å². The third kappa shape index (κ3) is 5.47. The second-order valence-electron chi connectivity index (χ2n) is 8.87. The van der Waals surface area contributed by atoms with Gasteiger partial charge in [-0.25, -0.2) is 9.18 Å². The normalized spacial score (nSPS) is 12.9. The molecule has 180 valence electrons. The molecule has 0 aliphatic carbocycles. The number of hydrogen-bond acceptors (Lipinski definition) is 3. The van der Waals surface area contributed by atoms with Crippen LogP contribution in [0.3, 0.4) is 0 Å². The van der Waals surface area contributed by atoms with Crippen LogP contribution in [0.2, 0.25) is 0 Å². The monoisotopic (exact) mass is 477 g/mol. The van der Waals surface area contributed by atoms with Crippen molar-refractivity contribution in [3.8, 4) is 5.75 Å². The molecule has 0 saturated heterocycles. The summed E-state index contributed by atoms with van der Waals surface area (Å²) in [6, 6.07) is 11.4. The highest BCUT2D eigenvalue weighted by Crippen LogP contribution is 2.33. The summed E-state index contributed by atoms with van der Waals surface area (Å²) in [5.41, 5.74) is -2.00. The van der Waals surface area contributed by atoms with Crippen LogP contribution in [0.1, 0.15) is 42.3 Å². The lowest BCUT2D eigenvalue weighted by Gasteiger charge is -2.28. The van der Waals surface area contributed by atoms with Crippen LogP contribution in [0.4, 0.5) is 17.6 Å². The zero-order valence-corrected chi connectivity index (χ0v) is 18.7. The smallest absolute Gasteiger partial charge is 0.419 e. The molecule has 9 heteroatoms. The maximum absolute atomic E-state index is 14.0. The molecule has 0 aliphatic rings. The number of fused-ring (bicyclic) bond motifs is 1. The number of benzene rings is 3. The number of amides is 1. The third-order valence-corrected chi connectivity index (χ3v) is 5.23. The van der Waals surface area contributed by atoms with Gasteiger partial charge < -0.3 is 15.2 Å². The highest BCUT2D eigenvalue weighted by Gasteiger charge is 2.35. The lowest BCUT2D eigenvalue weighted by Crippen LogP contribution is -2.49. The average Bonchev–Trinajstić information content (AvgIpc) is 2.73. The minimum absolute atomic E-state index is 0.0431.